The summed E-state index contributed by atoms with van der Waals surface area (Å²) in [6, 6.07) is 10.0. The Morgan fingerprint density at radius 3 is 2.39 bits per heavy atom. The molecule has 0 heterocycles. The van der Waals surface area contributed by atoms with E-state index in [1.54, 1.807) is 0 Å². The molecule has 0 spiro atoms. The van der Waals surface area contributed by atoms with Crippen molar-refractivity contribution >= 4 is 5.91 Å². The number of nitrogens with one attached hydrogen (secondary N) is 1. The summed E-state index contributed by atoms with van der Waals surface area (Å²) in [5, 5.41) is 2.95. The van der Waals surface area contributed by atoms with Gasteiger partial charge in [-0.05, 0) is 12.0 Å². The van der Waals surface area contributed by atoms with Crippen LogP contribution in [0.5, 0.6) is 0 Å². The van der Waals surface area contributed by atoms with Crippen LogP contribution in [0.15, 0.2) is 30.3 Å². The Kier molecular flexibility index (Phi) is 7.94. The molecule has 1 N–H and O–H groups in total. The Balaban J connectivity index is 2.01. The summed E-state index contributed by atoms with van der Waals surface area (Å²) in [6.07, 6.45) is 7.50. The molecule has 0 atom stereocenters. The standard InChI is InChI=1S/C16H24NO/c1-2-3-4-5-6-10-13-16(18)17-14-15-11-8-7-9-12-15/h7-9,11-12H,1-6,10,13-14H2,(H,17,18). The van der Waals surface area contributed by atoms with E-state index in [2.05, 4.69) is 12.2 Å². The topological polar surface area (TPSA) is 29.1 Å². The first kappa shape index (κ1) is 14.7. The Hall–Kier alpha value is -1.31. The average Bonchev–Trinajstić information content (AvgIpc) is 2.41. The van der Waals surface area contributed by atoms with Gasteiger partial charge in [0.25, 0.3) is 0 Å². The summed E-state index contributed by atoms with van der Waals surface area (Å²) in [5.74, 6) is 0.163. The van der Waals surface area contributed by atoms with Gasteiger partial charge in [-0.3, -0.25) is 4.79 Å². The van der Waals surface area contributed by atoms with E-state index in [1.165, 1.54) is 19.3 Å². The SMILES string of the molecule is [CH2]CCCCCCCC(=O)NCc1ccccc1. The number of unbranched alkanes of at least 4 members (excludes halogenated alkanes) is 5. The zero-order valence-electron chi connectivity index (χ0n) is 11.2. The fourth-order valence-electron chi connectivity index (χ4n) is 1.88. The predicted octanol–water partition coefficient (Wildman–Crippen LogP) is 3.87. The van der Waals surface area contributed by atoms with E-state index >= 15 is 0 Å². The van der Waals surface area contributed by atoms with Crippen LogP contribution in [0.1, 0.15) is 50.5 Å². The third kappa shape index (κ3) is 7.10. The van der Waals surface area contributed by atoms with Crippen molar-refractivity contribution in [2.24, 2.45) is 0 Å². The monoisotopic (exact) mass is 246 g/mol. The maximum atomic E-state index is 11.6. The van der Waals surface area contributed by atoms with Crippen LogP contribution >= 0.6 is 0 Å². The fourth-order valence-corrected chi connectivity index (χ4v) is 1.88. The first-order valence-electron chi connectivity index (χ1n) is 6.93. The Morgan fingerprint density at radius 1 is 1.00 bits per heavy atom. The van der Waals surface area contributed by atoms with E-state index in [-0.39, 0.29) is 5.91 Å². The van der Waals surface area contributed by atoms with E-state index in [0.29, 0.717) is 13.0 Å². The molecule has 0 aliphatic carbocycles. The number of amides is 1. The smallest absolute Gasteiger partial charge is 0.220 e. The highest BCUT2D eigenvalue weighted by Crippen LogP contribution is 2.06. The molecule has 0 unspecified atom stereocenters. The first-order chi connectivity index (χ1) is 8.83. The summed E-state index contributed by atoms with van der Waals surface area (Å²) in [7, 11) is 0. The van der Waals surface area contributed by atoms with Crippen LogP contribution in [0, 0.1) is 6.92 Å². The molecule has 99 valence electrons. The highest BCUT2D eigenvalue weighted by molar-refractivity contribution is 5.75. The minimum Gasteiger partial charge on any atom is -0.352 e. The number of carbonyl (C=O) groups excluding carboxylic acids is 1. The van der Waals surface area contributed by atoms with Crippen LogP contribution in [0.25, 0.3) is 0 Å². The Morgan fingerprint density at radius 2 is 1.67 bits per heavy atom. The lowest BCUT2D eigenvalue weighted by atomic mass is 10.1. The van der Waals surface area contributed by atoms with Crippen molar-refractivity contribution < 1.29 is 4.79 Å². The molecular formula is C16H24NO. The molecule has 2 nitrogen and oxygen atoms in total. The number of hydrogen-bond acceptors (Lipinski definition) is 1. The quantitative estimate of drug-likeness (QED) is 0.658. The van der Waals surface area contributed by atoms with Crippen molar-refractivity contribution in [1.29, 1.82) is 0 Å². The molecule has 0 aliphatic heterocycles. The minimum absolute atomic E-state index is 0.163. The van der Waals surface area contributed by atoms with Crippen molar-refractivity contribution in [3.8, 4) is 0 Å². The van der Waals surface area contributed by atoms with Crippen LogP contribution in [-0.2, 0) is 11.3 Å². The predicted molar refractivity (Wildman–Crippen MR) is 76.0 cm³/mol. The van der Waals surface area contributed by atoms with Gasteiger partial charge in [-0.2, -0.15) is 0 Å². The van der Waals surface area contributed by atoms with Gasteiger partial charge in [0.15, 0.2) is 0 Å². The molecule has 0 bridgehead atoms. The lowest BCUT2D eigenvalue weighted by Gasteiger charge is -2.05. The maximum Gasteiger partial charge on any atom is 0.220 e. The average molecular weight is 246 g/mol. The Bertz CT molecular complexity index is 321. The summed E-state index contributed by atoms with van der Waals surface area (Å²) >= 11 is 0. The molecule has 1 radical (unpaired) electrons. The van der Waals surface area contributed by atoms with Gasteiger partial charge >= 0.3 is 0 Å². The minimum atomic E-state index is 0.163. The van der Waals surface area contributed by atoms with Crippen molar-refractivity contribution in [1.82, 2.24) is 5.32 Å². The van der Waals surface area contributed by atoms with Gasteiger partial charge in [-0.1, -0.05) is 69.4 Å². The lowest BCUT2D eigenvalue weighted by Crippen LogP contribution is -2.22. The van der Waals surface area contributed by atoms with Crippen molar-refractivity contribution in [3.05, 3.63) is 42.8 Å². The van der Waals surface area contributed by atoms with E-state index < -0.39 is 0 Å². The second kappa shape index (κ2) is 9.69. The molecule has 0 aliphatic rings. The van der Waals surface area contributed by atoms with Gasteiger partial charge in [0.2, 0.25) is 5.91 Å². The van der Waals surface area contributed by atoms with Crippen LogP contribution in [0.2, 0.25) is 0 Å². The zero-order valence-corrected chi connectivity index (χ0v) is 11.2. The number of benzene rings is 1. The molecule has 0 saturated heterocycles. The third-order valence-electron chi connectivity index (χ3n) is 2.99. The molecule has 1 aromatic carbocycles. The first-order valence-corrected chi connectivity index (χ1v) is 6.93. The van der Waals surface area contributed by atoms with Crippen molar-refractivity contribution in [2.75, 3.05) is 0 Å². The van der Waals surface area contributed by atoms with Crippen LogP contribution < -0.4 is 5.32 Å². The maximum absolute atomic E-state index is 11.6. The zero-order chi connectivity index (χ0) is 13.1. The fraction of sp³-hybridized carbons (Fsp3) is 0.500. The molecule has 0 saturated carbocycles. The van der Waals surface area contributed by atoms with E-state index in [4.69, 9.17) is 0 Å². The molecule has 1 amide bonds. The van der Waals surface area contributed by atoms with Gasteiger partial charge in [-0.25, -0.2) is 0 Å². The number of rotatable bonds is 9. The normalized spacial score (nSPS) is 10.3. The molecule has 1 rings (SSSR count). The largest absolute Gasteiger partial charge is 0.352 e. The second-order valence-electron chi connectivity index (χ2n) is 4.63. The van der Waals surface area contributed by atoms with Gasteiger partial charge in [0.1, 0.15) is 0 Å². The molecule has 2 heteroatoms. The number of hydrogen-bond donors (Lipinski definition) is 1. The van der Waals surface area contributed by atoms with Crippen molar-refractivity contribution in [3.63, 3.8) is 0 Å². The van der Waals surface area contributed by atoms with Crippen molar-refractivity contribution in [2.45, 2.75) is 51.5 Å². The van der Waals surface area contributed by atoms with Gasteiger partial charge in [0, 0.05) is 13.0 Å². The molecule has 0 fully saturated rings. The number of carbonyl (C=O) groups is 1. The van der Waals surface area contributed by atoms with E-state index in [0.717, 1.165) is 24.8 Å². The van der Waals surface area contributed by atoms with E-state index in [9.17, 15) is 4.79 Å². The van der Waals surface area contributed by atoms with Gasteiger partial charge in [-0.15, -0.1) is 0 Å². The summed E-state index contributed by atoms with van der Waals surface area (Å²) in [6.45, 7) is 4.46. The van der Waals surface area contributed by atoms with E-state index in [1.807, 2.05) is 30.3 Å². The molecule has 0 aromatic heterocycles. The third-order valence-corrected chi connectivity index (χ3v) is 2.99. The van der Waals surface area contributed by atoms with Gasteiger partial charge < -0.3 is 5.32 Å². The molecule has 18 heavy (non-hydrogen) atoms. The summed E-state index contributed by atoms with van der Waals surface area (Å²) < 4.78 is 0. The summed E-state index contributed by atoms with van der Waals surface area (Å²) in [5.41, 5.74) is 1.15. The van der Waals surface area contributed by atoms with Crippen LogP contribution in [0.3, 0.4) is 0 Å². The lowest BCUT2D eigenvalue weighted by molar-refractivity contribution is -0.121. The Labute approximate surface area is 111 Å². The summed E-state index contributed by atoms with van der Waals surface area (Å²) in [4.78, 5) is 11.6. The highest BCUT2D eigenvalue weighted by Gasteiger charge is 2.00. The second-order valence-corrected chi connectivity index (χ2v) is 4.63. The molecule has 1 aromatic rings. The van der Waals surface area contributed by atoms with Crippen LogP contribution in [-0.4, -0.2) is 5.91 Å². The highest BCUT2D eigenvalue weighted by atomic mass is 16.1. The van der Waals surface area contributed by atoms with Gasteiger partial charge in [0.05, 0.1) is 0 Å². The molecular weight excluding hydrogens is 222 g/mol. The van der Waals surface area contributed by atoms with Crippen LogP contribution in [0.4, 0.5) is 0 Å².